The number of nitrogens with zero attached hydrogens (tertiary/aromatic N) is 1. The van der Waals surface area contributed by atoms with Crippen molar-refractivity contribution in [3.05, 3.63) is 35.6 Å². The van der Waals surface area contributed by atoms with Gasteiger partial charge < -0.3 is 20.9 Å². The lowest BCUT2D eigenvalue weighted by molar-refractivity contribution is -0.112. The summed E-state index contributed by atoms with van der Waals surface area (Å²) in [5, 5.41) is 12.0. The van der Waals surface area contributed by atoms with E-state index in [4.69, 9.17) is 10.5 Å². The molecule has 0 saturated heterocycles. The summed E-state index contributed by atoms with van der Waals surface area (Å²) in [6, 6.07) is 6.90. The highest BCUT2D eigenvalue weighted by atomic mass is 32.1. The van der Waals surface area contributed by atoms with Crippen molar-refractivity contribution in [3.63, 3.8) is 0 Å². The lowest BCUT2D eigenvalue weighted by Crippen LogP contribution is -2.18. The molecule has 0 radical (unpaired) electrons. The van der Waals surface area contributed by atoms with Gasteiger partial charge in [0, 0.05) is 6.21 Å². The highest BCUT2D eigenvalue weighted by molar-refractivity contribution is 7.80. The van der Waals surface area contributed by atoms with Gasteiger partial charge in [0.25, 0.3) is 5.91 Å². The van der Waals surface area contributed by atoms with E-state index in [1.165, 1.54) is 14.0 Å². The Bertz CT molecular complexity index is 578. The maximum atomic E-state index is 12.1. The molecule has 1 aromatic rings. The second-order valence-corrected chi connectivity index (χ2v) is 4.17. The summed E-state index contributed by atoms with van der Waals surface area (Å²) in [4.78, 5) is 15.7. The topological polar surface area (TPSA) is 96.9 Å². The van der Waals surface area contributed by atoms with E-state index in [-0.39, 0.29) is 16.4 Å². The number of amides is 1. The first-order chi connectivity index (χ1) is 9.45. The fraction of sp³-hybridized carbons (Fsp3) is 0.154. The fourth-order valence-corrected chi connectivity index (χ4v) is 1.43. The Morgan fingerprint density at radius 1 is 1.50 bits per heavy atom. The van der Waals surface area contributed by atoms with Gasteiger partial charge in [0.2, 0.25) is 0 Å². The maximum absolute atomic E-state index is 12.1. The average molecular weight is 293 g/mol. The molecule has 0 unspecified atom stereocenters. The normalized spacial score (nSPS) is 11.9. The van der Waals surface area contributed by atoms with Crippen LogP contribution in [0.5, 0.6) is 5.75 Å². The third-order valence-corrected chi connectivity index (χ3v) is 2.42. The highest BCUT2D eigenvalue weighted by Crippen LogP contribution is 2.23. The largest absolute Gasteiger partial charge is 0.512 e. The second-order valence-electron chi connectivity index (χ2n) is 3.75. The third-order valence-electron chi connectivity index (χ3n) is 2.31. The highest BCUT2D eigenvalue weighted by Gasteiger charge is 2.13. The first kappa shape index (κ1) is 15.6. The first-order valence-electron chi connectivity index (χ1n) is 5.63. The van der Waals surface area contributed by atoms with Crippen LogP contribution in [0.25, 0.3) is 0 Å². The number of carbonyl (C=O) groups is 1. The molecule has 20 heavy (non-hydrogen) atoms. The minimum atomic E-state index is -0.547. The van der Waals surface area contributed by atoms with Gasteiger partial charge in [-0.05, 0) is 31.3 Å². The van der Waals surface area contributed by atoms with Crippen LogP contribution in [0, 0.1) is 0 Å². The number of methoxy groups -OCH3 is 1. The summed E-state index contributed by atoms with van der Waals surface area (Å²) in [6.45, 7) is 1.36. The maximum Gasteiger partial charge on any atom is 0.260 e. The van der Waals surface area contributed by atoms with E-state index in [9.17, 15) is 9.90 Å². The zero-order chi connectivity index (χ0) is 15.1. The molecule has 6 nitrogen and oxygen atoms in total. The van der Waals surface area contributed by atoms with Crippen LogP contribution in [0.4, 0.5) is 5.69 Å². The number of carbonyl (C=O) groups excluding carboxylic acids is 1. The number of aliphatic imine (C=N–C) groups is 1. The molecule has 0 atom stereocenters. The van der Waals surface area contributed by atoms with Crippen molar-refractivity contribution in [2.45, 2.75) is 6.92 Å². The predicted molar refractivity (Wildman–Crippen MR) is 82.2 cm³/mol. The summed E-state index contributed by atoms with van der Waals surface area (Å²) in [7, 11) is 1.49. The molecule has 0 spiro atoms. The Morgan fingerprint density at radius 2 is 2.15 bits per heavy atom. The monoisotopic (exact) mass is 293 g/mol. The molecular weight excluding hydrogens is 278 g/mol. The van der Waals surface area contributed by atoms with Crippen molar-refractivity contribution in [2.75, 3.05) is 12.4 Å². The molecule has 1 aromatic carbocycles. The summed E-state index contributed by atoms with van der Waals surface area (Å²) >= 11 is 4.58. The van der Waals surface area contributed by atoms with E-state index in [0.29, 0.717) is 11.4 Å². The number of allylic oxidation sites excluding steroid dienone is 1. The van der Waals surface area contributed by atoms with Crippen LogP contribution >= 0.6 is 12.2 Å². The van der Waals surface area contributed by atoms with Gasteiger partial charge in [0.15, 0.2) is 5.11 Å². The van der Waals surface area contributed by atoms with Crippen molar-refractivity contribution < 1.29 is 14.6 Å². The zero-order valence-corrected chi connectivity index (χ0v) is 11.9. The first-order valence-corrected chi connectivity index (χ1v) is 6.04. The van der Waals surface area contributed by atoms with Crippen LogP contribution in [0.15, 0.2) is 40.6 Å². The minimum absolute atomic E-state index is 0.0382. The van der Waals surface area contributed by atoms with E-state index in [1.54, 1.807) is 24.3 Å². The molecule has 0 aliphatic heterocycles. The standard InChI is InChI=1S/C13H15N3O3S/c1-8(17)9(7-15-13(14)20)12(18)16-10-5-3-4-6-11(10)19-2/h3-7,17H,1-2H3,(H2,14,20)(H,16,18)/b9-8+,15-7+. The van der Waals surface area contributed by atoms with Gasteiger partial charge in [0.1, 0.15) is 11.5 Å². The van der Waals surface area contributed by atoms with Crippen molar-refractivity contribution in [1.29, 1.82) is 0 Å². The summed E-state index contributed by atoms with van der Waals surface area (Å²) in [5.41, 5.74) is 5.65. The predicted octanol–water partition coefficient (Wildman–Crippen LogP) is 1.78. The molecular formula is C13H15N3O3S. The molecule has 0 aliphatic carbocycles. The molecule has 0 saturated carbocycles. The van der Waals surface area contributed by atoms with Crippen molar-refractivity contribution in [2.24, 2.45) is 10.7 Å². The number of para-hydroxylation sites is 2. The fourth-order valence-electron chi connectivity index (χ4n) is 1.38. The van der Waals surface area contributed by atoms with E-state index in [1.807, 2.05) is 0 Å². The van der Waals surface area contributed by atoms with Crippen LogP contribution in [-0.2, 0) is 4.79 Å². The number of hydrogen-bond acceptors (Lipinski definition) is 4. The van der Waals surface area contributed by atoms with Crippen molar-refractivity contribution >= 4 is 35.1 Å². The van der Waals surface area contributed by atoms with Crippen molar-refractivity contribution in [1.82, 2.24) is 0 Å². The third kappa shape index (κ3) is 4.36. The molecule has 0 aromatic heterocycles. The summed E-state index contributed by atoms with van der Waals surface area (Å²) < 4.78 is 5.12. The van der Waals surface area contributed by atoms with Crippen LogP contribution in [-0.4, -0.2) is 29.5 Å². The Morgan fingerprint density at radius 3 is 2.70 bits per heavy atom. The van der Waals surface area contributed by atoms with E-state index < -0.39 is 5.91 Å². The number of nitrogens with two attached hydrogens (primary N) is 1. The molecule has 0 aliphatic rings. The van der Waals surface area contributed by atoms with E-state index in [2.05, 4.69) is 22.5 Å². The Balaban J connectivity index is 2.98. The van der Waals surface area contributed by atoms with E-state index >= 15 is 0 Å². The Hall–Kier alpha value is -2.41. The van der Waals surface area contributed by atoms with Crippen LogP contribution in [0.1, 0.15) is 6.92 Å². The molecule has 0 heterocycles. The van der Waals surface area contributed by atoms with Gasteiger partial charge in [-0.25, -0.2) is 4.99 Å². The Kier molecular flexibility index (Phi) is 5.67. The zero-order valence-electron chi connectivity index (χ0n) is 11.1. The molecule has 0 bridgehead atoms. The van der Waals surface area contributed by atoms with Gasteiger partial charge in [-0.15, -0.1) is 0 Å². The van der Waals surface area contributed by atoms with Gasteiger partial charge >= 0.3 is 0 Å². The number of anilines is 1. The smallest absolute Gasteiger partial charge is 0.260 e. The average Bonchev–Trinajstić information content (AvgIpc) is 2.38. The minimum Gasteiger partial charge on any atom is -0.512 e. The quantitative estimate of drug-likeness (QED) is 0.340. The van der Waals surface area contributed by atoms with Gasteiger partial charge in [-0.3, -0.25) is 4.79 Å². The van der Waals surface area contributed by atoms with Crippen molar-refractivity contribution in [3.8, 4) is 5.75 Å². The number of aliphatic hydroxyl groups excluding tert-OH is 1. The number of hydrogen-bond donors (Lipinski definition) is 3. The molecule has 4 N–H and O–H groups in total. The summed E-state index contributed by atoms with van der Waals surface area (Å²) in [6.07, 6.45) is 1.11. The number of thiocarbonyl (C=S) groups is 1. The lowest BCUT2D eigenvalue weighted by Gasteiger charge is -2.10. The Labute approximate surface area is 122 Å². The molecule has 7 heteroatoms. The van der Waals surface area contributed by atoms with E-state index in [0.717, 1.165) is 6.21 Å². The van der Waals surface area contributed by atoms with Crippen LogP contribution in [0.3, 0.4) is 0 Å². The summed E-state index contributed by atoms with van der Waals surface area (Å²) in [5.74, 6) is -0.242. The molecule has 106 valence electrons. The SMILES string of the molecule is COc1ccccc1NC(=O)C(/C=N/C(N)=S)=C(\C)O. The number of aliphatic hydroxyl groups is 1. The number of benzene rings is 1. The van der Waals surface area contributed by atoms with Gasteiger partial charge in [-0.2, -0.15) is 0 Å². The van der Waals surface area contributed by atoms with Crippen LogP contribution in [0.2, 0.25) is 0 Å². The number of ether oxygens (including phenoxy) is 1. The van der Waals surface area contributed by atoms with Gasteiger partial charge in [0.05, 0.1) is 18.4 Å². The van der Waals surface area contributed by atoms with Crippen LogP contribution < -0.4 is 15.8 Å². The molecule has 1 rings (SSSR count). The second kappa shape index (κ2) is 7.25. The number of rotatable bonds is 4. The lowest BCUT2D eigenvalue weighted by atomic mass is 10.2. The van der Waals surface area contributed by atoms with Gasteiger partial charge in [-0.1, -0.05) is 12.1 Å². The number of nitrogens with one attached hydrogen (secondary N) is 1. The molecule has 1 amide bonds. The molecule has 0 fully saturated rings.